The zero-order chi connectivity index (χ0) is 18.7. The fraction of sp³-hybridized carbons (Fsp3) is 0.182. The molecule has 1 aromatic heterocycles. The third kappa shape index (κ3) is 4.07. The molecule has 0 saturated carbocycles. The van der Waals surface area contributed by atoms with Crippen LogP contribution in [0, 0.1) is 24.6 Å². The van der Waals surface area contributed by atoms with Crippen LogP contribution in [-0.4, -0.2) is 16.4 Å². The largest absolute Gasteiger partial charge is 0.336 e. The van der Waals surface area contributed by atoms with Gasteiger partial charge in [-0.15, -0.1) is 0 Å². The summed E-state index contributed by atoms with van der Waals surface area (Å²) in [6, 6.07) is 14.2. The lowest BCUT2D eigenvalue weighted by atomic mass is 10.0. The number of para-hydroxylation sites is 1. The van der Waals surface area contributed by atoms with Gasteiger partial charge in [0.05, 0.1) is 11.1 Å². The quantitative estimate of drug-likeness (QED) is 0.705. The van der Waals surface area contributed by atoms with Crippen LogP contribution >= 0.6 is 0 Å². The van der Waals surface area contributed by atoms with Gasteiger partial charge < -0.3 is 5.32 Å². The van der Waals surface area contributed by atoms with Crippen molar-refractivity contribution >= 4 is 16.8 Å². The highest BCUT2D eigenvalue weighted by atomic mass is 19.1. The summed E-state index contributed by atoms with van der Waals surface area (Å²) in [5.41, 5.74) is 1.93. The SMILES string of the molecule is Cc1cccc(C#CC(C)(C)NC(=O)c2cnc3c(F)cccc3c2)c1. The first-order valence-electron chi connectivity index (χ1n) is 8.31. The van der Waals surface area contributed by atoms with Crippen molar-refractivity contribution in [1.29, 1.82) is 0 Å². The van der Waals surface area contributed by atoms with Crippen LogP contribution in [-0.2, 0) is 0 Å². The third-order valence-electron chi connectivity index (χ3n) is 3.89. The van der Waals surface area contributed by atoms with E-state index in [1.807, 2.05) is 45.0 Å². The van der Waals surface area contributed by atoms with Gasteiger partial charge in [0.25, 0.3) is 5.91 Å². The van der Waals surface area contributed by atoms with Gasteiger partial charge in [-0.3, -0.25) is 9.78 Å². The monoisotopic (exact) mass is 346 g/mol. The number of pyridine rings is 1. The van der Waals surface area contributed by atoms with Gasteiger partial charge >= 0.3 is 0 Å². The second-order valence-corrected chi connectivity index (χ2v) is 6.73. The molecule has 0 unspecified atom stereocenters. The fourth-order valence-corrected chi connectivity index (χ4v) is 2.59. The average Bonchev–Trinajstić information content (AvgIpc) is 2.60. The van der Waals surface area contributed by atoms with E-state index in [1.54, 1.807) is 18.2 Å². The van der Waals surface area contributed by atoms with Gasteiger partial charge in [0.1, 0.15) is 11.3 Å². The number of benzene rings is 2. The molecule has 0 fully saturated rings. The van der Waals surface area contributed by atoms with Crippen LogP contribution in [0.2, 0.25) is 0 Å². The van der Waals surface area contributed by atoms with Crippen molar-refractivity contribution in [3.63, 3.8) is 0 Å². The Labute approximate surface area is 152 Å². The molecule has 0 bridgehead atoms. The van der Waals surface area contributed by atoms with Gasteiger partial charge in [0.15, 0.2) is 0 Å². The second-order valence-electron chi connectivity index (χ2n) is 6.73. The van der Waals surface area contributed by atoms with Gasteiger partial charge in [-0.2, -0.15) is 0 Å². The molecule has 3 aromatic rings. The molecule has 0 spiro atoms. The van der Waals surface area contributed by atoms with Crippen LogP contribution in [0.3, 0.4) is 0 Å². The number of carbonyl (C=O) groups excluding carboxylic acids is 1. The maximum Gasteiger partial charge on any atom is 0.254 e. The average molecular weight is 346 g/mol. The first kappa shape index (κ1) is 17.6. The van der Waals surface area contributed by atoms with Gasteiger partial charge in [-0.25, -0.2) is 4.39 Å². The maximum absolute atomic E-state index is 13.7. The van der Waals surface area contributed by atoms with E-state index in [2.05, 4.69) is 22.1 Å². The molecule has 0 saturated heterocycles. The molecule has 3 rings (SSSR count). The van der Waals surface area contributed by atoms with Crippen molar-refractivity contribution in [2.24, 2.45) is 0 Å². The standard InChI is InChI=1S/C22H19FN2O/c1-15-6-4-7-16(12-15)10-11-22(2,3)25-21(26)18-13-17-8-5-9-19(23)20(17)24-14-18/h4-9,12-14H,1-3H3,(H,25,26). The second kappa shape index (κ2) is 6.97. The van der Waals surface area contributed by atoms with Crippen LogP contribution in [0.5, 0.6) is 0 Å². The minimum atomic E-state index is -0.724. The highest BCUT2D eigenvalue weighted by Crippen LogP contribution is 2.17. The number of aromatic nitrogens is 1. The van der Waals surface area contributed by atoms with Gasteiger partial charge in [0.2, 0.25) is 0 Å². The molecule has 0 aliphatic rings. The summed E-state index contributed by atoms with van der Waals surface area (Å²) in [6.07, 6.45) is 1.38. The van der Waals surface area contributed by atoms with E-state index in [-0.39, 0.29) is 11.4 Å². The van der Waals surface area contributed by atoms with E-state index in [0.29, 0.717) is 10.9 Å². The molecular weight excluding hydrogens is 327 g/mol. The Kier molecular flexibility index (Phi) is 4.73. The molecule has 1 N–H and O–H groups in total. The van der Waals surface area contributed by atoms with Gasteiger partial charge in [0, 0.05) is 17.1 Å². The zero-order valence-corrected chi connectivity index (χ0v) is 14.9. The lowest BCUT2D eigenvalue weighted by Crippen LogP contribution is -2.42. The number of hydrogen-bond donors (Lipinski definition) is 1. The predicted octanol–water partition coefficient (Wildman–Crippen LogP) is 4.24. The molecule has 0 radical (unpaired) electrons. The van der Waals surface area contributed by atoms with Gasteiger partial charge in [-0.05, 0) is 50.6 Å². The summed E-state index contributed by atoms with van der Waals surface area (Å²) < 4.78 is 13.7. The number of rotatable bonds is 2. The maximum atomic E-state index is 13.7. The highest BCUT2D eigenvalue weighted by Gasteiger charge is 2.19. The number of nitrogens with zero attached hydrogens (tertiary/aromatic N) is 1. The van der Waals surface area contributed by atoms with E-state index in [1.165, 1.54) is 12.3 Å². The lowest BCUT2D eigenvalue weighted by Gasteiger charge is -2.20. The van der Waals surface area contributed by atoms with Crippen LogP contribution in [0.25, 0.3) is 10.9 Å². The van der Waals surface area contributed by atoms with Crippen molar-refractivity contribution in [3.05, 3.63) is 77.2 Å². The number of carbonyl (C=O) groups is 1. The molecular formula is C22H19FN2O. The molecule has 4 heteroatoms. The van der Waals surface area contributed by atoms with Crippen molar-refractivity contribution in [3.8, 4) is 11.8 Å². The van der Waals surface area contributed by atoms with E-state index in [4.69, 9.17) is 0 Å². The molecule has 1 heterocycles. The molecule has 2 aromatic carbocycles. The normalized spacial score (nSPS) is 10.9. The first-order valence-corrected chi connectivity index (χ1v) is 8.31. The number of halogens is 1. The summed E-state index contributed by atoms with van der Waals surface area (Å²) in [6.45, 7) is 5.68. The number of amides is 1. The highest BCUT2D eigenvalue weighted by molar-refractivity contribution is 5.97. The lowest BCUT2D eigenvalue weighted by molar-refractivity contribution is 0.0929. The minimum absolute atomic E-state index is 0.252. The number of hydrogen-bond acceptors (Lipinski definition) is 2. The van der Waals surface area contributed by atoms with Crippen molar-refractivity contribution < 1.29 is 9.18 Å². The number of aryl methyl sites for hydroxylation is 1. The van der Waals surface area contributed by atoms with Crippen LogP contribution in [0.1, 0.15) is 35.3 Å². The Morgan fingerprint density at radius 2 is 1.92 bits per heavy atom. The molecule has 0 aliphatic carbocycles. The summed E-state index contributed by atoms with van der Waals surface area (Å²) in [5.74, 6) is 5.47. The number of fused-ring (bicyclic) bond motifs is 1. The van der Waals surface area contributed by atoms with E-state index in [9.17, 15) is 9.18 Å². The predicted molar refractivity (Wildman–Crippen MR) is 101 cm³/mol. The first-order chi connectivity index (χ1) is 12.3. The molecule has 0 atom stereocenters. The van der Waals surface area contributed by atoms with E-state index in [0.717, 1.165) is 11.1 Å². The van der Waals surface area contributed by atoms with Crippen LogP contribution < -0.4 is 5.32 Å². The van der Waals surface area contributed by atoms with E-state index < -0.39 is 11.4 Å². The summed E-state index contributed by atoms with van der Waals surface area (Å²) in [5, 5.41) is 3.47. The van der Waals surface area contributed by atoms with Crippen molar-refractivity contribution in [2.75, 3.05) is 0 Å². The fourth-order valence-electron chi connectivity index (χ4n) is 2.59. The van der Waals surface area contributed by atoms with Crippen molar-refractivity contribution in [1.82, 2.24) is 10.3 Å². The van der Waals surface area contributed by atoms with Crippen LogP contribution in [0.15, 0.2) is 54.7 Å². The smallest absolute Gasteiger partial charge is 0.254 e. The Balaban J connectivity index is 1.80. The summed E-state index contributed by atoms with van der Waals surface area (Å²) in [7, 11) is 0. The van der Waals surface area contributed by atoms with Gasteiger partial charge in [-0.1, -0.05) is 36.1 Å². The van der Waals surface area contributed by atoms with Crippen molar-refractivity contribution in [2.45, 2.75) is 26.3 Å². The summed E-state index contributed by atoms with van der Waals surface area (Å²) >= 11 is 0. The zero-order valence-electron chi connectivity index (χ0n) is 14.9. The van der Waals surface area contributed by atoms with E-state index >= 15 is 0 Å². The number of nitrogens with one attached hydrogen (secondary N) is 1. The minimum Gasteiger partial charge on any atom is -0.336 e. The molecule has 130 valence electrons. The molecule has 3 nitrogen and oxygen atoms in total. The Morgan fingerprint density at radius 3 is 2.69 bits per heavy atom. The summed E-state index contributed by atoms with van der Waals surface area (Å²) in [4.78, 5) is 16.6. The molecule has 1 amide bonds. The topological polar surface area (TPSA) is 42.0 Å². The Bertz CT molecular complexity index is 1040. The Morgan fingerprint density at radius 1 is 1.15 bits per heavy atom. The van der Waals surface area contributed by atoms with Crippen LogP contribution in [0.4, 0.5) is 4.39 Å². The Hall–Kier alpha value is -3.19. The third-order valence-corrected chi connectivity index (χ3v) is 3.89. The molecule has 0 aliphatic heterocycles. The molecule has 26 heavy (non-hydrogen) atoms.